The average Bonchev–Trinajstić information content (AvgIpc) is 2.67. The molecule has 0 radical (unpaired) electrons. The van der Waals surface area contributed by atoms with Crippen molar-refractivity contribution in [1.29, 1.82) is 0 Å². The molecule has 0 heterocycles. The third-order valence-electron chi connectivity index (χ3n) is 4.68. The Hall–Kier alpha value is -0.820. The highest BCUT2D eigenvalue weighted by Gasteiger charge is 2.36. The van der Waals surface area contributed by atoms with E-state index in [0.29, 0.717) is 22.9 Å². The van der Waals surface area contributed by atoms with Crippen molar-refractivity contribution >= 4 is 0 Å². The smallest absolute Gasteiger partial charge is 0.0327 e. The highest BCUT2D eigenvalue weighted by atomic mass is 15.0. The molecular weight excluding hydrogens is 242 g/mol. The standard InChI is InChI=1S/C19H31N/c1-18(2,3)14-16(15-10-7-6-8-11-15)20-17-12-9-13-19(17,4)5/h6-8,10-11,16-17,20H,9,12-14H2,1-5H3. The van der Waals surface area contributed by atoms with Crippen LogP contribution in [0.5, 0.6) is 0 Å². The van der Waals surface area contributed by atoms with Crippen LogP contribution in [0, 0.1) is 10.8 Å². The fraction of sp³-hybridized carbons (Fsp3) is 0.684. The molecule has 1 aliphatic carbocycles. The maximum absolute atomic E-state index is 3.98. The Labute approximate surface area is 125 Å². The van der Waals surface area contributed by atoms with E-state index in [1.54, 1.807) is 0 Å². The van der Waals surface area contributed by atoms with Crippen molar-refractivity contribution in [2.24, 2.45) is 10.8 Å². The Balaban J connectivity index is 2.15. The SMILES string of the molecule is CC(C)(C)CC(NC1CCCC1(C)C)c1ccccc1. The van der Waals surface area contributed by atoms with Crippen molar-refractivity contribution < 1.29 is 0 Å². The van der Waals surface area contributed by atoms with Gasteiger partial charge in [0.25, 0.3) is 0 Å². The molecule has 1 aromatic carbocycles. The van der Waals surface area contributed by atoms with Crippen molar-refractivity contribution in [3.63, 3.8) is 0 Å². The molecule has 1 saturated carbocycles. The average molecular weight is 273 g/mol. The first kappa shape index (κ1) is 15.6. The number of benzene rings is 1. The highest BCUT2D eigenvalue weighted by molar-refractivity contribution is 5.19. The lowest BCUT2D eigenvalue weighted by Gasteiger charge is -2.35. The summed E-state index contributed by atoms with van der Waals surface area (Å²) in [6, 6.07) is 12.1. The highest BCUT2D eigenvalue weighted by Crippen LogP contribution is 2.40. The zero-order valence-electron chi connectivity index (χ0n) is 13.9. The first-order chi connectivity index (χ1) is 9.28. The molecule has 2 unspecified atom stereocenters. The van der Waals surface area contributed by atoms with Crippen LogP contribution >= 0.6 is 0 Å². The third-order valence-corrected chi connectivity index (χ3v) is 4.68. The molecule has 1 aliphatic rings. The van der Waals surface area contributed by atoms with E-state index in [0.717, 1.165) is 0 Å². The van der Waals surface area contributed by atoms with E-state index in [-0.39, 0.29) is 0 Å². The van der Waals surface area contributed by atoms with E-state index < -0.39 is 0 Å². The van der Waals surface area contributed by atoms with Crippen LogP contribution in [0.25, 0.3) is 0 Å². The van der Waals surface area contributed by atoms with Gasteiger partial charge in [0.05, 0.1) is 0 Å². The fourth-order valence-corrected chi connectivity index (χ4v) is 3.45. The summed E-state index contributed by atoms with van der Waals surface area (Å²) < 4.78 is 0. The fourth-order valence-electron chi connectivity index (χ4n) is 3.45. The molecule has 1 N–H and O–H groups in total. The number of rotatable bonds is 4. The molecule has 2 rings (SSSR count). The predicted octanol–water partition coefficient (Wildman–Crippen LogP) is 5.33. The van der Waals surface area contributed by atoms with E-state index >= 15 is 0 Å². The Bertz CT molecular complexity index is 413. The Morgan fingerprint density at radius 3 is 2.35 bits per heavy atom. The van der Waals surface area contributed by atoms with Crippen LogP contribution in [0.4, 0.5) is 0 Å². The molecule has 1 fully saturated rings. The molecule has 0 amide bonds. The molecule has 1 heteroatoms. The summed E-state index contributed by atoms with van der Waals surface area (Å²) in [6.45, 7) is 11.8. The molecular formula is C19H31N. The minimum Gasteiger partial charge on any atom is -0.307 e. The summed E-state index contributed by atoms with van der Waals surface area (Å²) in [5, 5.41) is 3.98. The van der Waals surface area contributed by atoms with E-state index in [1.165, 1.54) is 31.2 Å². The second kappa shape index (κ2) is 5.89. The normalized spacial score (nSPS) is 23.8. The van der Waals surface area contributed by atoms with Gasteiger partial charge < -0.3 is 5.32 Å². The van der Waals surface area contributed by atoms with Crippen molar-refractivity contribution in [3.8, 4) is 0 Å². The molecule has 0 aliphatic heterocycles. The number of nitrogens with one attached hydrogen (secondary N) is 1. The van der Waals surface area contributed by atoms with E-state index in [4.69, 9.17) is 0 Å². The van der Waals surface area contributed by atoms with Crippen molar-refractivity contribution in [2.45, 2.75) is 72.4 Å². The lowest BCUT2D eigenvalue weighted by Crippen LogP contribution is -2.41. The second-order valence-corrected chi connectivity index (χ2v) is 8.33. The first-order valence-electron chi connectivity index (χ1n) is 8.09. The van der Waals surface area contributed by atoms with Crippen LogP contribution in [0.15, 0.2) is 30.3 Å². The van der Waals surface area contributed by atoms with Gasteiger partial charge in [-0.05, 0) is 35.7 Å². The molecule has 20 heavy (non-hydrogen) atoms. The van der Waals surface area contributed by atoms with Crippen LogP contribution in [-0.2, 0) is 0 Å². The summed E-state index contributed by atoms with van der Waals surface area (Å²) >= 11 is 0. The largest absolute Gasteiger partial charge is 0.307 e. The van der Waals surface area contributed by atoms with Gasteiger partial charge in [0.15, 0.2) is 0 Å². The zero-order valence-corrected chi connectivity index (χ0v) is 13.9. The minimum atomic E-state index is 0.344. The van der Waals surface area contributed by atoms with Crippen LogP contribution in [0.2, 0.25) is 0 Å². The second-order valence-electron chi connectivity index (χ2n) is 8.33. The summed E-state index contributed by atoms with van der Waals surface area (Å²) in [7, 11) is 0. The van der Waals surface area contributed by atoms with Crippen LogP contribution < -0.4 is 5.32 Å². The Morgan fingerprint density at radius 1 is 1.20 bits per heavy atom. The van der Waals surface area contributed by atoms with Gasteiger partial charge in [-0.15, -0.1) is 0 Å². The molecule has 0 spiro atoms. The van der Waals surface area contributed by atoms with Crippen molar-refractivity contribution in [1.82, 2.24) is 5.32 Å². The van der Waals surface area contributed by atoms with Gasteiger partial charge in [0, 0.05) is 12.1 Å². The minimum absolute atomic E-state index is 0.344. The van der Waals surface area contributed by atoms with Gasteiger partial charge in [0.1, 0.15) is 0 Å². The molecule has 0 bridgehead atoms. The molecule has 112 valence electrons. The van der Waals surface area contributed by atoms with Gasteiger partial charge in [0.2, 0.25) is 0 Å². The van der Waals surface area contributed by atoms with E-state index in [9.17, 15) is 0 Å². The number of hydrogen-bond donors (Lipinski definition) is 1. The first-order valence-corrected chi connectivity index (χ1v) is 8.09. The van der Waals surface area contributed by atoms with E-state index in [1.807, 2.05) is 0 Å². The van der Waals surface area contributed by atoms with Gasteiger partial charge >= 0.3 is 0 Å². The molecule has 1 nitrogen and oxygen atoms in total. The van der Waals surface area contributed by atoms with E-state index in [2.05, 4.69) is 70.3 Å². The molecule has 0 saturated heterocycles. The van der Waals surface area contributed by atoms with Crippen LogP contribution in [0.3, 0.4) is 0 Å². The van der Waals surface area contributed by atoms with Crippen molar-refractivity contribution in [3.05, 3.63) is 35.9 Å². The summed E-state index contributed by atoms with van der Waals surface area (Å²) in [5.41, 5.74) is 2.21. The quantitative estimate of drug-likeness (QED) is 0.781. The van der Waals surface area contributed by atoms with Gasteiger partial charge in [-0.2, -0.15) is 0 Å². The predicted molar refractivity (Wildman–Crippen MR) is 87.8 cm³/mol. The number of hydrogen-bond acceptors (Lipinski definition) is 1. The molecule has 2 atom stereocenters. The van der Waals surface area contributed by atoms with Gasteiger partial charge in [-0.3, -0.25) is 0 Å². The summed E-state index contributed by atoms with van der Waals surface area (Å²) in [5.74, 6) is 0. The Morgan fingerprint density at radius 2 is 1.85 bits per heavy atom. The summed E-state index contributed by atoms with van der Waals surface area (Å²) in [6.07, 6.45) is 5.22. The van der Waals surface area contributed by atoms with Gasteiger partial charge in [-0.1, -0.05) is 71.4 Å². The van der Waals surface area contributed by atoms with Gasteiger partial charge in [-0.25, -0.2) is 0 Å². The summed E-state index contributed by atoms with van der Waals surface area (Å²) in [4.78, 5) is 0. The van der Waals surface area contributed by atoms with Crippen molar-refractivity contribution in [2.75, 3.05) is 0 Å². The van der Waals surface area contributed by atoms with Crippen LogP contribution in [0.1, 0.15) is 71.9 Å². The molecule has 1 aromatic rings. The zero-order chi connectivity index (χ0) is 14.8. The van der Waals surface area contributed by atoms with Crippen LogP contribution in [-0.4, -0.2) is 6.04 Å². The monoisotopic (exact) mass is 273 g/mol. The lowest BCUT2D eigenvalue weighted by atomic mass is 9.82. The lowest BCUT2D eigenvalue weighted by molar-refractivity contribution is 0.227. The maximum Gasteiger partial charge on any atom is 0.0327 e. The topological polar surface area (TPSA) is 12.0 Å². The third kappa shape index (κ3) is 4.09. The Kier molecular flexibility index (Phi) is 4.59. The molecule has 0 aromatic heterocycles. The maximum atomic E-state index is 3.98.